The summed E-state index contributed by atoms with van der Waals surface area (Å²) in [7, 11) is 0. The topological polar surface area (TPSA) is 45.7 Å². The van der Waals surface area contributed by atoms with Crippen LogP contribution in [0.5, 0.6) is 0 Å². The van der Waals surface area contributed by atoms with Crippen LogP contribution in [0.1, 0.15) is 31.2 Å². The zero-order chi connectivity index (χ0) is 16.4. The van der Waals surface area contributed by atoms with E-state index in [0.717, 1.165) is 65.0 Å². The third-order valence-electron chi connectivity index (χ3n) is 5.82. The van der Waals surface area contributed by atoms with Crippen LogP contribution in [-0.4, -0.2) is 59.6 Å². The lowest BCUT2D eigenvalue weighted by atomic mass is 9.78. The SMILES string of the molecule is O=C([C@@H]1CCO[C@@H]2CCN(Cc3cccnc3)C[C@H]21)N1CCCC1. The van der Waals surface area contributed by atoms with Crippen molar-refractivity contribution in [3.8, 4) is 0 Å². The first-order chi connectivity index (χ1) is 11.8. The van der Waals surface area contributed by atoms with Crippen LogP contribution in [0.25, 0.3) is 0 Å². The Kier molecular flexibility index (Phi) is 4.81. The molecule has 3 aliphatic rings. The molecule has 3 atom stereocenters. The second kappa shape index (κ2) is 7.19. The fraction of sp³-hybridized carbons (Fsp3) is 0.684. The number of carbonyl (C=O) groups excluding carboxylic acids is 1. The lowest BCUT2D eigenvalue weighted by Crippen LogP contribution is -2.53. The molecule has 0 N–H and O–H groups in total. The number of hydrogen-bond acceptors (Lipinski definition) is 4. The molecule has 130 valence electrons. The van der Waals surface area contributed by atoms with Crippen molar-refractivity contribution in [1.29, 1.82) is 0 Å². The number of fused-ring (bicyclic) bond motifs is 1. The molecule has 0 aromatic carbocycles. The maximum Gasteiger partial charge on any atom is 0.226 e. The maximum atomic E-state index is 13.0. The molecule has 1 aromatic rings. The van der Waals surface area contributed by atoms with Gasteiger partial charge in [0.15, 0.2) is 0 Å². The van der Waals surface area contributed by atoms with Gasteiger partial charge in [0.2, 0.25) is 5.91 Å². The molecular weight excluding hydrogens is 302 g/mol. The second-order valence-electron chi connectivity index (χ2n) is 7.39. The summed E-state index contributed by atoms with van der Waals surface area (Å²) < 4.78 is 6.01. The summed E-state index contributed by atoms with van der Waals surface area (Å²) in [4.78, 5) is 21.7. The van der Waals surface area contributed by atoms with Crippen molar-refractivity contribution in [2.75, 3.05) is 32.8 Å². The molecule has 0 aliphatic carbocycles. The van der Waals surface area contributed by atoms with Crippen molar-refractivity contribution in [3.63, 3.8) is 0 Å². The number of likely N-dealkylation sites (tertiary alicyclic amines) is 2. The van der Waals surface area contributed by atoms with Crippen LogP contribution >= 0.6 is 0 Å². The van der Waals surface area contributed by atoms with E-state index in [9.17, 15) is 4.79 Å². The van der Waals surface area contributed by atoms with Crippen LogP contribution in [0.2, 0.25) is 0 Å². The summed E-state index contributed by atoms with van der Waals surface area (Å²) in [5.74, 6) is 0.879. The molecule has 5 heteroatoms. The summed E-state index contributed by atoms with van der Waals surface area (Å²) in [5, 5.41) is 0. The Morgan fingerprint density at radius 1 is 1.25 bits per heavy atom. The van der Waals surface area contributed by atoms with Crippen LogP contribution in [0.15, 0.2) is 24.5 Å². The van der Waals surface area contributed by atoms with Crippen molar-refractivity contribution < 1.29 is 9.53 Å². The van der Waals surface area contributed by atoms with Gasteiger partial charge < -0.3 is 9.64 Å². The molecule has 24 heavy (non-hydrogen) atoms. The predicted octanol–water partition coefficient (Wildman–Crippen LogP) is 1.93. The largest absolute Gasteiger partial charge is 0.378 e. The van der Waals surface area contributed by atoms with Gasteiger partial charge in [0.25, 0.3) is 0 Å². The molecule has 0 saturated carbocycles. The number of nitrogens with zero attached hydrogens (tertiary/aromatic N) is 3. The minimum Gasteiger partial charge on any atom is -0.378 e. The lowest BCUT2D eigenvalue weighted by molar-refractivity contribution is -0.150. The Hall–Kier alpha value is -1.46. The number of rotatable bonds is 3. The van der Waals surface area contributed by atoms with Crippen LogP contribution in [0, 0.1) is 11.8 Å². The maximum absolute atomic E-state index is 13.0. The Labute approximate surface area is 144 Å². The second-order valence-corrected chi connectivity index (χ2v) is 7.39. The summed E-state index contributed by atoms with van der Waals surface area (Å²) in [6.07, 6.45) is 8.27. The van der Waals surface area contributed by atoms with Crippen LogP contribution in [0.4, 0.5) is 0 Å². The van der Waals surface area contributed by atoms with Crippen molar-refractivity contribution in [2.45, 2.75) is 38.3 Å². The zero-order valence-electron chi connectivity index (χ0n) is 14.3. The summed E-state index contributed by atoms with van der Waals surface area (Å²) >= 11 is 0. The highest BCUT2D eigenvalue weighted by Crippen LogP contribution is 2.35. The number of amides is 1. The van der Waals surface area contributed by atoms with Gasteiger partial charge in [-0.15, -0.1) is 0 Å². The van der Waals surface area contributed by atoms with Gasteiger partial charge in [-0.2, -0.15) is 0 Å². The fourth-order valence-electron chi connectivity index (χ4n) is 4.56. The van der Waals surface area contributed by atoms with Gasteiger partial charge in [-0.25, -0.2) is 0 Å². The standard InChI is InChI=1S/C19H27N3O2/c23-19(22-8-1-2-9-22)16-6-11-24-18-5-10-21(14-17(16)18)13-15-4-3-7-20-12-15/h3-4,7,12,16-18H,1-2,5-6,8-11,13-14H2/t16-,17+,18-/m1/s1. The van der Waals surface area contributed by atoms with E-state index in [1.807, 2.05) is 18.5 Å². The minimum atomic E-state index is 0.151. The van der Waals surface area contributed by atoms with E-state index >= 15 is 0 Å². The Morgan fingerprint density at radius 3 is 2.92 bits per heavy atom. The van der Waals surface area contributed by atoms with Gasteiger partial charge >= 0.3 is 0 Å². The first-order valence-corrected chi connectivity index (χ1v) is 9.33. The quantitative estimate of drug-likeness (QED) is 0.850. The number of pyridine rings is 1. The Morgan fingerprint density at radius 2 is 2.12 bits per heavy atom. The molecule has 3 fully saturated rings. The highest BCUT2D eigenvalue weighted by Gasteiger charge is 2.43. The highest BCUT2D eigenvalue weighted by molar-refractivity contribution is 5.79. The zero-order valence-corrected chi connectivity index (χ0v) is 14.3. The van der Waals surface area contributed by atoms with Crippen molar-refractivity contribution in [3.05, 3.63) is 30.1 Å². The summed E-state index contributed by atoms with van der Waals surface area (Å²) in [6.45, 7) is 5.57. The molecule has 1 amide bonds. The summed E-state index contributed by atoms with van der Waals surface area (Å²) in [6, 6.07) is 4.12. The number of aromatic nitrogens is 1. The van der Waals surface area contributed by atoms with E-state index in [4.69, 9.17) is 4.74 Å². The lowest BCUT2D eigenvalue weighted by Gasteiger charge is -2.45. The predicted molar refractivity (Wildman–Crippen MR) is 91.3 cm³/mol. The van der Waals surface area contributed by atoms with Crippen molar-refractivity contribution >= 4 is 5.91 Å². The molecule has 0 radical (unpaired) electrons. The normalized spacial score (nSPS) is 31.0. The molecule has 0 spiro atoms. The molecule has 0 unspecified atom stereocenters. The molecule has 5 nitrogen and oxygen atoms in total. The molecule has 3 saturated heterocycles. The van der Waals surface area contributed by atoms with E-state index in [0.29, 0.717) is 11.8 Å². The molecule has 4 rings (SSSR count). The van der Waals surface area contributed by atoms with Gasteiger partial charge in [-0.3, -0.25) is 14.7 Å². The van der Waals surface area contributed by atoms with E-state index in [-0.39, 0.29) is 12.0 Å². The smallest absolute Gasteiger partial charge is 0.226 e. The average molecular weight is 329 g/mol. The third-order valence-corrected chi connectivity index (χ3v) is 5.82. The Balaban J connectivity index is 1.44. The van der Waals surface area contributed by atoms with E-state index in [1.165, 1.54) is 5.56 Å². The Bertz CT molecular complexity index is 559. The minimum absolute atomic E-state index is 0.151. The van der Waals surface area contributed by atoms with Gasteiger partial charge in [0.05, 0.1) is 6.10 Å². The highest BCUT2D eigenvalue weighted by atomic mass is 16.5. The van der Waals surface area contributed by atoms with E-state index in [2.05, 4.69) is 20.9 Å². The monoisotopic (exact) mass is 329 g/mol. The van der Waals surface area contributed by atoms with Crippen molar-refractivity contribution in [2.24, 2.45) is 11.8 Å². The van der Waals surface area contributed by atoms with Gasteiger partial charge in [-0.1, -0.05) is 6.07 Å². The van der Waals surface area contributed by atoms with Crippen LogP contribution in [0.3, 0.4) is 0 Å². The van der Waals surface area contributed by atoms with Gasteiger partial charge in [-0.05, 0) is 37.3 Å². The number of piperidine rings is 1. The average Bonchev–Trinajstić information content (AvgIpc) is 3.16. The van der Waals surface area contributed by atoms with Crippen LogP contribution < -0.4 is 0 Å². The van der Waals surface area contributed by atoms with Gasteiger partial charge in [0, 0.05) is 63.6 Å². The molecular formula is C19H27N3O2. The van der Waals surface area contributed by atoms with Gasteiger partial charge in [0.1, 0.15) is 0 Å². The van der Waals surface area contributed by atoms with Crippen molar-refractivity contribution in [1.82, 2.24) is 14.8 Å². The van der Waals surface area contributed by atoms with E-state index in [1.54, 1.807) is 0 Å². The van der Waals surface area contributed by atoms with E-state index < -0.39 is 0 Å². The third kappa shape index (κ3) is 3.33. The molecule has 1 aromatic heterocycles. The molecule has 3 aliphatic heterocycles. The fourth-order valence-corrected chi connectivity index (χ4v) is 4.56. The first-order valence-electron chi connectivity index (χ1n) is 9.33. The number of carbonyl (C=O) groups is 1. The van der Waals surface area contributed by atoms with Crippen LogP contribution in [-0.2, 0) is 16.1 Å². The number of hydrogen-bond donors (Lipinski definition) is 0. The number of ether oxygens (including phenoxy) is 1. The molecule has 4 heterocycles. The summed E-state index contributed by atoms with van der Waals surface area (Å²) in [5.41, 5.74) is 1.25. The molecule has 0 bridgehead atoms. The first kappa shape index (κ1) is 16.0.